The Bertz CT molecular complexity index is 892. The third kappa shape index (κ3) is 3.44. The molecule has 1 aliphatic heterocycles. The van der Waals surface area contributed by atoms with Gasteiger partial charge in [-0.15, -0.1) is 0 Å². The van der Waals surface area contributed by atoms with E-state index in [1.54, 1.807) is 19.1 Å². The van der Waals surface area contributed by atoms with Crippen molar-refractivity contribution in [2.24, 2.45) is 0 Å². The molecule has 3 aromatic rings. The van der Waals surface area contributed by atoms with Crippen molar-refractivity contribution in [3.05, 3.63) is 48.0 Å². The fourth-order valence-corrected chi connectivity index (χ4v) is 4.59. The third-order valence-electron chi connectivity index (χ3n) is 4.68. The number of nitrogens with zero attached hydrogens (tertiary/aromatic N) is 2. The average Bonchev–Trinajstić information content (AvgIpc) is 2.87. The lowest BCUT2D eigenvalue weighted by Crippen LogP contribution is -2.44. The molecule has 0 saturated carbocycles. The minimum absolute atomic E-state index is 0.335. The molecule has 2 heterocycles. The zero-order valence-electron chi connectivity index (χ0n) is 14.5. The van der Waals surface area contributed by atoms with Gasteiger partial charge in [-0.05, 0) is 49.7 Å². The summed E-state index contributed by atoms with van der Waals surface area (Å²) >= 11 is 1.53. The molecule has 1 aliphatic rings. The molecule has 1 unspecified atom stereocenters. The summed E-state index contributed by atoms with van der Waals surface area (Å²) < 4.78 is 34.8. The van der Waals surface area contributed by atoms with Crippen LogP contribution in [0, 0.1) is 11.6 Å². The Kier molecular flexibility index (Phi) is 4.64. The van der Waals surface area contributed by atoms with E-state index in [1.165, 1.54) is 36.4 Å². The summed E-state index contributed by atoms with van der Waals surface area (Å²) in [5, 5.41) is 12.3. The van der Waals surface area contributed by atoms with E-state index < -0.39 is 5.60 Å². The molecule has 4 nitrogen and oxygen atoms in total. The molecular weight excluding hydrogens is 356 g/mol. The van der Waals surface area contributed by atoms with Crippen LogP contribution in [0.3, 0.4) is 0 Å². The molecule has 1 aromatic heterocycles. The molecular formula is C19H21F2N3OS. The average molecular weight is 377 g/mol. The van der Waals surface area contributed by atoms with Gasteiger partial charge in [0.1, 0.15) is 11.6 Å². The smallest absolute Gasteiger partial charge is 0.123 e. The molecule has 0 aliphatic carbocycles. The fraction of sp³-hybridized carbons (Fsp3) is 0.368. The molecule has 0 amide bonds. The van der Waals surface area contributed by atoms with Crippen LogP contribution in [0.15, 0.2) is 36.4 Å². The monoisotopic (exact) mass is 377 g/mol. The van der Waals surface area contributed by atoms with Gasteiger partial charge in [-0.1, -0.05) is 0 Å². The van der Waals surface area contributed by atoms with Crippen molar-refractivity contribution in [3.63, 3.8) is 0 Å². The first-order valence-electron chi connectivity index (χ1n) is 8.67. The number of halogens is 2. The molecule has 26 heavy (non-hydrogen) atoms. The first-order chi connectivity index (χ1) is 12.4. The number of β-amino-alcohol motifs (C(OH)–C–C–N with tert-alkyl or cyclic N) is 1. The summed E-state index contributed by atoms with van der Waals surface area (Å²) in [6.07, 6.45) is 1.04. The maximum absolute atomic E-state index is 13.8. The van der Waals surface area contributed by atoms with Crippen LogP contribution in [0.4, 0.5) is 8.78 Å². The zero-order chi connectivity index (χ0) is 18.3. The molecule has 0 spiro atoms. The zero-order valence-corrected chi connectivity index (χ0v) is 15.3. The fourth-order valence-electron chi connectivity index (χ4n) is 3.61. The molecule has 0 radical (unpaired) electrons. The van der Waals surface area contributed by atoms with Crippen LogP contribution >= 0.6 is 12.1 Å². The largest absolute Gasteiger partial charge is 0.387 e. The molecule has 0 bridgehead atoms. The van der Waals surface area contributed by atoms with Crippen molar-refractivity contribution in [1.29, 1.82) is 0 Å². The highest BCUT2D eigenvalue weighted by atomic mass is 32.2. The van der Waals surface area contributed by atoms with E-state index in [-0.39, 0.29) is 11.6 Å². The van der Waals surface area contributed by atoms with Crippen LogP contribution in [0.1, 0.15) is 13.3 Å². The van der Waals surface area contributed by atoms with E-state index >= 15 is 0 Å². The normalized spacial score (nSPS) is 18.5. The topological polar surface area (TPSA) is 40.4 Å². The molecule has 2 aromatic carbocycles. The maximum Gasteiger partial charge on any atom is 0.123 e. The number of aromatic nitrogens is 1. The van der Waals surface area contributed by atoms with Crippen LogP contribution in [0.25, 0.3) is 21.8 Å². The van der Waals surface area contributed by atoms with Gasteiger partial charge in [-0.3, -0.25) is 4.72 Å². The number of hydrogen-bond acceptors (Lipinski definition) is 4. The number of aliphatic hydroxyl groups is 1. The van der Waals surface area contributed by atoms with E-state index in [0.29, 0.717) is 23.9 Å². The summed E-state index contributed by atoms with van der Waals surface area (Å²) in [5.41, 5.74) is 0.585. The van der Waals surface area contributed by atoms with Gasteiger partial charge in [0.15, 0.2) is 0 Å². The predicted octanol–water partition coefficient (Wildman–Crippen LogP) is 3.68. The highest BCUT2D eigenvalue weighted by molar-refractivity contribution is 7.95. The Morgan fingerprint density at radius 2 is 1.69 bits per heavy atom. The van der Waals surface area contributed by atoms with E-state index in [9.17, 15) is 13.9 Å². The van der Waals surface area contributed by atoms with Crippen molar-refractivity contribution in [2.45, 2.75) is 25.5 Å². The highest BCUT2D eigenvalue weighted by Crippen LogP contribution is 2.32. The molecule has 138 valence electrons. The highest BCUT2D eigenvalue weighted by Gasteiger charge is 2.28. The first kappa shape index (κ1) is 17.7. The molecule has 1 fully saturated rings. The van der Waals surface area contributed by atoms with E-state index in [0.717, 1.165) is 30.5 Å². The second-order valence-electron chi connectivity index (χ2n) is 7.11. The number of benzene rings is 2. The van der Waals surface area contributed by atoms with Crippen LogP contribution in [0.5, 0.6) is 0 Å². The maximum atomic E-state index is 13.8. The Balaban J connectivity index is 1.74. The van der Waals surface area contributed by atoms with Gasteiger partial charge in [0.05, 0.1) is 12.1 Å². The molecule has 2 N–H and O–H groups in total. The summed E-state index contributed by atoms with van der Waals surface area (Å²) in [4.78, 5) is 0. The third-order valence-corrected chi connectivity index (χ3v) is 5.59. The van der Waals surface area contributed by atoms with Gasteiger partial charge in [-0.2, -0.15) is 0 Å². The lowest BCUT2D eigenvalue weighted by atomic mass is 10.1. The Labute approximate surface area is 155 Å². The quantitative estimate of drug-likeness (QED) is 0.681. The second kappa shape index (κ2) is 6.81. The molecule has 1 atom stereocenters. The van der Waals surface area contributed by atoms with Crippen LogP contribution in [-0.4, -0.2) is 39.2 Å². The summed E-state index contributed by atoms with van der Waals surface area (Å²) in [5.74, 6) is -0.716. The van der Waals surface area contributed by atoms with Gasteiger partial charge in [0.2, 0.25) is 0 Å². The van der Waals surface area contributed by atoms with Gasteiger partial charge in [0, 0.05) is 53.6 Å². The second-order valence-corrected chi connectivity index (χ2v) is 8.10. The van der Waals surface area contributed by atoms with Gasteiger partial charge in [-0.25, -0.2) is 13.1 Å². The molecule has 1 saturated heterocycles. The van der Waals surface area contributed by atoms with Crippen molar-refractivity contribution in [2.75, 3.05) is 19.6 Å². The number of rotatable bonds is 4. The predicted molar refractivity (Wildman–Crippen MR) is 102 cm³/mol. The number of hydrogen-bond donors (Lipinski definition) is 2. The van der Waals surface area contributed by atoms with Crippen molar-refractivity contribution in [1.82, 2.24) is 13.6 Å². The van der Waals surface area contributed by atoms with Crippen molar-refractivity contribution in [3.8, 4) is 0 Å². The Hall–Kier alpha value is -1.67. The summed E-state index contributed by atoms with van der Waals surface area (Å²) in [6.45, 7) is 4.51. The molecule has 7 heteroatoms. The van der Waals surface area contributed by atoms with Crippen molar-refractivity contribution >= 4 is 33.9 Å². The minimum Gasteiger partial charge on any atom is -0.387 e. The van der Waals surface area contributed by atoms with Gasteiger partial charge in [0.25, 0.3) is 0 Å². The summed E-state index contributed by atoms with van der Waals surface area (Å²) in [7, 11) is 0. The summed E-state index contributed by atoms with van der Waals surface area (Å²) in [6, 6.07) is 9.02. The lowest BCUT2D eigenvalue weighted by Gasteiger charge is -2.33. The van der Waals surface area contributed by atoms with Gasteiger partial charge >= 0.3 is 0 Å². The van der Waals surface area contributed by atoms with Crippen LogP contribution < -0.4 is 4.72 Å². The molecule has 4 rings (SSSR count). The van der Waals surface area contributed by atoms with E-state index in [1.807, 2.05) is 4.57 Å². The van der Waals surface area contributed by atoms with Crippen LogP contribution in [0.2, 0.25) is 0 Å². The van der Waals surface area contributed by atoms with Crippen LogP contribution in [-0.2, 0) is 6.54 Å². The van der Waals surface area contributed by atoms with E-state index in [2.05, 4.69) is 9.03 Å². The van der Waals surface area contributed by atoms with Gasteiger partial charge < -0.3 is 9.67 Å². The Morgan fingerprint density at radius 3 is 2.23 bits per heavy atom. The standard InChI is InChI=1S/C19H21F2N3OS/c1-19(25,11-23-8-2-7-22-26-23)12-24-17-5-3-13(20)9-15(17)16-10-14(21)4-6-18(16)24/h3-6,9-10,22,25H,2,7-8,11-12H2,1H3. The Morgan fingerprint density at radius 1 is 1.08 bits per heavy atom. The SMILES string of the molecule is CC(O)(CN1CCCNS1)Cn1c2ccc(F)cc2c2cc(F)ccc21. The first-order valence-corrected chi connectivity index (χ1v) is 9.44. The number of nitrogens with one attached hydrogen (secondary N) is 1. The van der Waals surface area contributed by atoms with E-state index in [4.69, 9.17) is 0 Å². The number of fused-ring (bicyclic) bond motifs is 3. The lowest BCUT2D eigenvalue weighted by molar-refractivity contribution is 0.0273. The minimum atomic E-state index is -0.992. The van der Waals surface area contributed by atoms with Crippen molar-refractivity contribution < 1.29 is 13.9 Å².